The van der Waals surface area contributed by atoms with Gasteiger partial charge in [0.05, 0.1) is 0 Å². The van der Waals surface area contributed by atoms with Crippen LogP contribution in [0.3, 0.4) is 0 Å². The predicted molar refractivity (Wildman–Crippen MR) is 34.1 cm³/mol. The lowest BCUT2D eigenvalue weighted by atomic mass is 10.00. The van der Waals surface area contributed by atoms with Crippen molar-refractivity contribution in [1.29, 1.82) is 0 Å². The third kappa shape index (κ3) is 1.13. The maximum Gasteiger partial charge on any atom is 0.404 e. The zero-order chi connectivity index (χ0) is 8.06. The molecular formula is C7H10F3N. The molecule has 2 rings (SSSR count). The van der Waals surface area contributed by atoms with E-state index in [1.165, 1.54) is 0 Å². The average Bonchev–Trinajstić information content (AvgIpc) is 2.42. The van der Waals surface area contributed by atoms with Crippen molar-refractivity contribution >= 4 is 0 Å². The van der Waals surface area contributed by atoms with E-state index < -0.39 is 12.2 Å². The second-order valence-corrected chi connectivity index (χ2v) is 3.46. The second kappa shape index (κ2) is 2.12. The van der Waals surface area contributed by atoms with E-state index in [1.807, 2.05) is 0 Å². The van der Waals surface area contributed by atoms with E-state index in [4.69, 9.17) is 0 Å². The first-order chi connectivity index (χ1) is 5.07. The number of rotatable bonds is 0. The molecule has 2 bridgehead atoms. The van der Waals surface area contributed by atoms with Gasteiger partial charge in [0.2, 0.25) is 0 Å². The third-order valence-corrected chi connectivity index (χ3v) is 2.71. The molecule has 11 heavy (non-hydrogen) atoms. The summed E-state index contributed by atoms with van der Waals surface area (Å²) in [6.07, 6.45) is -1.62. The van der Waals surface area contributed by atoms with Gasteiger partial charge in [0.1, 0.15) is 6.04 Å². The largest absolute Gasteiger partial charge is 0.404 e. The summed E-state index contributed by atoms with van der Waals surface area (Å²) in [5.41, 5.74) is 0. The molecule has 2 fully saturated rings. The van der Waals surface area contributed by atoms with Crippen LogP contribution in [0.2, 0.25) is 0 Å². The standard InChI is InChI=1S/C7H10F3N/c8-7(9,10)6-4-1-2-5(3-4)11-6/h4-6,11H,1-3H2/t4-,5+,6-/m0/s1. The van der Waals surface area contributed by atoms with Crippen LogP contribution in [0.5, 0.6) is 0 Å². The number of piperidine rings is 1. The molecular weight excluding hydrogens is 155 g/mol. The average molecular weight is 165 g/mol. The van der Waals surface area contributed by atoms with Crippen LogP contribution in [-0.2, 0) is 0 Å². The third-order valence-electron chi connectivity index (χ3n) is 2.71. The summed E-state index contributed by atoms with van der Waals surface area (Å²) in [6.45, 7) is 0. The Labute approximate surface area is 63.0 Å². The van der Waals surface area contributed by atoms with Crippen LogP contribution in [-0.4, -0.2) is 18.3 Å². The summed E-state index contributed by atoms with van der Waals surface area (Å²) < 4.78 is 36.5. The maximum absolute atomic E-state index is 12.2. The fourth-order valence-electron chi connectivity index (χ4n) is 2.22. The first kappa shape index (κ1) is 7.40. The molecule has 0 spiro atoms. The predicted octanol–water partition coefficient (Wildman–Crippen LogP) is 1.69. The topological polar surface area (TPSA) is 12.0 Å². The Balaban J connectivity index is 2.08. The zero-order valence-corrected chi connectivity index (χ0v) is 5.99. The van der Waals surface area contributed by atoms with Crippen molar-refractivity contribution in [3.8, 4) is 0 Å². The molecule has 64 valence electrons. The first-order valence-electron chi connectivity index (χ1n) is 3.90. The van der Waals surface area contributed by atoms with Gasteiger partial charge in [0, 0.05) is 6.04 Å². The minimum Gasteiger partial charge on any atom is -0.303 e. The Morgan fingerprint density at radius 2 is 1.91 bits per heavy atom. The molecule has 0 amide bonds. The van der Waals surface area contributed by atoms with E-state index in [9.17, 15) is 13.2 Å². The van der Waals surface area contributed by atoms with Crippen molar-refractivity contribution in [2.45, 2.75) is 37.5 Å². The lowest BCUT2D eigenvalue weighted by Crippen LogP contribution is -2.46. The van der Waals surface area contributed by atoms with Gasteiger partial charge < -0.3 is 5.32 Å². The van der Waals surface area contributed by atoms with Crippen molar-refractivity contribution in [2.75, 3.05) is 0 Å². The number of fused-ring (bicyclic) bond motifs is 2. The van der Waals surface area contributed by atoms with Gasteiger partial charge >= 0.3 is 6.18 Å². The molecule has 4 heteroatoms. The normalized spacial score (nSPS) is 43.4. The summed E-state index contributed by atoms with van der Waals surface area (Å²) in [4.78, 5) is 0. The van der Waals surface area contributed by atoms with Crippen LogP contribution in [0, 0.1) is 5.92 Å². The van der Waals surface area contributed by atoms with Crippen molar-refractivity contribution < 1.29 is 13.2 Å². The minimum absolute atomic E-state index is 0.139. The molecule has 1 aliphatic heterocycles. The number of hydrogen-bond donors (Lipinski definition) is 1. The number of alkyl halides is 3. The Hall–Kier alpha value is -0.250. The van der Waals surface area contributed by atoms with E-state index in [-0.39, 0.29) is 12.0 Å². The smallest absolute Gasteiger partial charge is 0.303 e. The van der Waals surface area contributed by atoms with Crippen LogP contribution in [0.1, 0.15) is 19.3 Å². The monoisotopic (exact) mass is 165 g/mol. The zero-order valence-electron chi connectivity index (χ0n) is 5.99. The molecule has 1 aliphatic carbocycles. The van der Waals surface area contributed by atoms with Gasteiger partial charge in [-0.2, -0.15) is 13.2 Å². The van der Waals surface area contributed by atoms with Gasteiger partial charge in [-0.25, -0.2) is 0 Å². The number of nitrogens with one attached hydrogen (secondary N) is 1. The van der Waals surface area contributed by atoms with E-state index in [2.05, 4.69) is 5.32 Å². The van der Waals surface area contributed by atoms with Crippen molar-refractivity contribution in [3.63, 3.8) is 0 Å². The van der Waals surface area contributed by atoms with Crippen molar-refractivity contribution in [3.05, 3.63) is 0 Å². The van der Waals surface area contributed by atoms with E-state index in [1.54, 1.807) is 0 Å². The fraction of sp³-hybridized carbons (Fsp3) is 1.00. The molecule has 1 N–H and O–H groups in total. The summed E-state index contributed by atoms with van der Waals surface area (Å²) in [5, 5.41) is 2.61. The van der Waals surface area contributed by atoms with E-state index in [0.29, 0.717) is 0 Å². The molecule has 1 nitrogen and oxygen atoms in total. The van der Waals surface area contributed by atoms with Crippen molar-refractivity contribution in [2.24, 2.45) is 5.92 Å². The quantitative estimate of drug-likeness (QED) is 0.576. The lowest BCUT2D eigenvalue weighted by Gasteiger charge is -2.25. The summed E-state index contributed by atoms with van der Waals surface area (Å²) in [5.74, 6) is -0.139. The van der Waals surface area contributed by atoms with E-state index >= 15 is 0 Å². The fourth-order valence-corrected chi connectivity index (χ4v) is 2.22. The molecule has 1 saturated heterocycles. The molecule has 2 aliphatic rings. The molecule has 0 aromatic carbocycles. The van der Waals surface area contributed by atoms with Crippen LogP contribution < -0.4 is 5.32 Å². The van der Waals surface area contributed by atoms with Gasteiger partial charge in [-0.15, -0.1) is 0 Å². The molecule has 0 unspecified atom stereocenters. The van der Waals surface area contributed by atoms with Gasteiger partial charge in [-0.05, 0) is 25.2 Å². The Morgan fingerprint density at radius 3 is 2.18 bits per heavy atom. The number of hydrogen-bond acceptors (Lipinski definition) is 1. The highest BCUT2D eigenvalue weighted by atomic mass is 19.4. The van der Waals surface area contributed by atoms with Crippen LogP contribution in [0.25, 0.3) is 0 Å². The number of halogens is 3. The van der Waals surface area contributed by atoms with Crippen LogP contribution >= 0.6 is 0 Å². The minimum atomic E-state index is -4.03. The molecule has 0 aromatic heterocycles. The van der Waals surface area contributed by atoms with Crippen LogP contribution in [0.4, 0.5) is 13.2 Å². The van der Waals surface area contributed by atoms with Gasteiger partial charge in [0.15, 0.2) is 0 Å². The molecule has 1 heterocycles. The maximum atomic E-state index is 12.2. The SMILES string of the molecule is FC(F)(F)[C@H]1N[C@@H]2CC[C@H]1C2. The van der Waals surface area contributed by atoms with Gasteiger partial charge in [-0.3, -0.25) is 0 Å². The Kier molecular flexibility index (Phi) is 1.43. The molecule has 0 aromatic rings. The highest BCUT2D eigenvalue weighted by Crippen LogP contribution is 2.41. The summed E-state index contributed by atoms with van der Waals surface area (Å²) in [6, 6.07) is -1.06. The Bertz CT molecular complexity index is 166. The van der Waals surface area contributed by atoms with E-state index in [0.717, 1.165) is 19.3 Å². The van der Waals surface area contributed by atoms with Crippen LogP contribution in [0.15, 0.2) is 0 Å². The van der Waals surface area contributed by atoms with Crippen molar-refractivity contribution in [1.82, 2.24) is 5.32 Å². The lowest BCUT2D eigenvalue weighted by molar-refractivity contribution is -0.164. The summed E-state index contributed by atoms with van der Waals surface area (Å²) in [7, 11) is 0. The Morgan fingerprint density at radius 1 is 1.18 bits per heavy atom. The first-order valence-corrected chi connectivity index (χ1v) is 3.90. The van der Waals surface area contributed by atoms with Gasteiger partial charge in [0.25, 0.3) is 0 Å². The summed E-state index contributed by atoms with van der Waals surface area (Å²) >= 11 is 0. The highest BCUT2D eigenvalue weighted by molar-refractivity contribution is 4.99. The molecule has 0 radical (unpaired) electrons. The second-order valence-electron chi connectivity index (χ2n) is 3.46. The highest BCUT2D eigenvalue weighted by Gasteiger charge is 2.52. The molecule has 1 saturated carbocycles. The van der Waals surface area contributed by atoms with Gasteiger partial charge in [-0.1, -0.05) is 0 Å². The molecule has 3 atom stereocenters.